The summed E-state index contributed by atoms with van der Waals surface area (Å²) in [5.74, 6) is 0.415. The van der Waals surface area contributed by atoms with Gasteiger partial charge in [-0.2, -0.15) is 0 Å². The Balaban J connectivity index is 2.45. The van der Waals surface area contributed by atoms with Crippen molar-refractivity contribution in [3.63, 3.8) is 0 Å². The van der Waals surface area contributed by atoms with Crippen LogP contribution in [-0.2, 0) is 4.79 Å². The van der Waals surface area contributed by atoms with Gasteiger partial charge in [-0.15, -0.1) is 0 Å². The van der Waals surface area contributed by atoms with Crippen molar-refractivity contribution in [3.8, 4) is 0 Å². The van der Waals surface area contributed by atoms with Crippen molar-refractivity contribution in [3.05, 3.63) is 17.5 Å². The van der Waals surface area contributed by atoms with Gasteiger partial charge in [0.05, 0.1) is 5.75 Å². The number of amides is 1. The van der Waals surface area contributed by atoms with Crippen LogP contribution in [0.5, 0.6) is 0 Å². The molecule has 1 heterocycles. The average Bonchev–Trinajstić information content (AvgIpc) is 2.22. The molecule has 1 rings (SSSR count). The molecule has 1 N–H and O–H groups in total. The topological polar surface area (TPSA) is 54.9 Å². The Morgan fingerprint density at radius 2 is 2.00 bits per heavy atom. The van der Waals surface area contributed by atoms with E-state index >= 15 is 0 Å². The van der Waals surface area contributed by atoms with Gasteiger partial charge in [-0.25, -0.2) is 9.97 Å². The van der Waals surface area contributed by atoms with E-state index in [2.05, 4.69) is 15.3 Å². The van der Waals surface area contributed by atoms with Crippen molar-refractivity contribution in [2.75, 3.05) is 12.3 Å². The van der Waals surface area contributed by atoms with E-state index in [1.807, 2.05) is 26.8 Å². The minimum atomic E-state index is 0.0367. The highest BCUT2D eigenvalue weighted by Crippen LogP contribution is 2.13. The summed E-state index contributed by atoms with van der Waals surface area (Å²) in [6, 6.07) is 1.92. The molecule has 0 aliphatic rings. The second-order valence-electron chi connectivity index (χ2n) is 3.57. The number of thioether (sulfide) groups is 1. The van der Waals surface area contributed by atoms with Gasteiger partial charge in [-0.1, -0.05) is 18.7 Å². The normalized spacial score (nSPS) is 10.2. The first kappa shape index (κ1) is 13.0. The fraction of sp³-hybridized carbons (Fsp3) is 0.545. The van der Waals surface area contributed by atoms with Crippen LogP contribution in [0, 0.1) is 13.8 Å². The van der Waals surface area contributed by atoms with Crippen LogP contribution in [0.3, 0.4) is 0 Å². The van der Waals surface area contributed by atoms with Gasteiger partial charge in [-0.05, 0) is 26.3 Å². The average molecular weight is 239 g/mol. The van der Waals surface area contributed by atoms with E-state index in [9.17, 15) is 4.79 Å². The Hall–Kier alpha value is -1.10. The maximum Gasteiger partial charge on any atom is 0.230 e. The molecule has 88 valence electrons. The molecule has 0 unspecified atom stereocenters. The van der Waals surface area contributed by atoms with Crippen LogP contribution in [0.15, 0.2) is 11.2 Å². The molecule has 0 radical (unpaired) electrons. The molecule has 1 amide bonds. The minimum absolute atomic E-state index is 0.0367. The molecular formula is C11H17N3OS. The number of carbonyl (C=O) groups is 1. The molecule has 1 aromatic heterocycles. The zero-order valence-corrected chi connectivity index (χ0v) is 10.7. The summed E-state index contributed by atoms with van der Waals surface area (Å²) in [5.41, 5.74) is 1.87. The lowest BCUT2D eigenvalue weighted by Gasteiger charge is -2.03. The zero-order chi connectivity index (χ0) is 12.0. The molecule has 0 bridgehead atoms. The van der Waals surface area contributed by atoms with E-state index in [-0.39, 0.29) is 5.91 Å². The van der Waals surface area contributed by atoms with Crippen molar-refractivity contribution in [2.24, 2.45) is 0 Å². The highest BCUT2D eigenvalue weighted by molar-refractivity contribution is 7.99. The third-order valence-corrected chi connectivity index (χ3v) is 2.71. The molecule has 0 aliphatic heterocycles. The summed E-state index contributed by atoms with van der Waals surface area (Å²) in [5, 5.41) is 3.49. The Bertz CT molecular complexity index is 348. The summed E-state index contributed by atoms with van der Waals surface area (Å²) in [6.07, 6.45) is 0.955. The van der Waals surface area contributed by atoms with Crippen LogP contribution in [0.4, 0.5) is 0 Å². The third-order valence-electron chi connectivity index (χ3n) is 1.87. The summed E-state index contributed by atoms with van der Waals surface area (Å²) in [6.45, 7) is 6.61. The van der Waals surface area contributed by atoms with E-state index in [0.717, 1.165) is 24.4 Å². The van der Waals surface area contributed by atoms with E-state index in [4.69, 9.17) is 0 Å². The SMILES string of the molecule is CCCNC(=O)CSc1nc(C)cc(C)n1. The first-order chi connectivity index (χ1) is 7.61. The number of hydrogen-bond donors (Lipinski definition) is 1. The van der Waals surface area contributed by atoms with Crippen molar-refractivity contribution in [1.82, 2.24) is 15.3 Å². The molecule has 0 spiro atoms. The Morgan fingerprint density at radius 3 is 2.56 bits per heavy atom. The summed E-state index contributed by atoms with van der Waals surface area (Å²) in [7, 11) is 0. The maximum atomic E-state index is 11.4. The van der Waals surface area contributed by atoms with Gasteiger partial charge in [0, 0.05) is 17.9 Å². The predicted octanol–water partition coefficient (Wildman–Crippen LogP) is 1.71. The molecule has 0 fully saturated rings. The van der Waals surface area contributed by atoms with E-state index in [0.29, 0.717) is 10.9 Å². The van der Waals surface area contributed by atoms with Gasteiger partial charge in [0.15, 0.2) is 5.16 Å². The quantitative estimate of drug-likeness (QED) is 0.628. The number of hydrogen-bond acceptors (Lipinski definition) is 4. The van der Waals surface area contributed by atoms with Crippen molar-refractivity contribution >= 4 is 17.7 Å². The number of carbonyl (C=O) groups excluding carboxylic acids is 1. The summed E-state index contributed by atoms with van der Waals surface area (Å²) < 4.78 is 0. The Morgan fingerprint density at radius 1 is 1.38 bits per heavy atom. The van der Waals surface area contributed by atoms with Gasteiger partial charge in [0.2, 0.25) is 5.91 Å². The molecule has 0 aromatic carbocycles. The fourth-order valence-corrected chi connectivity index (χ4v) is 1.98. The molecule has 0 saturated heterocycles. The maximum absolute atomic E-state index is 11.4. The summed E-state index contributed by atoms with van der Waals surface area (Å²) >= 11 is 1.37. The number of aromatic nitrogens is 2. The molecule has 4 nitrogen and oxygen atoms in total. The second kappa shape index (κ2) is 6.48. The minimum Gasteiger partial charge on any atom is -0.355 e. The Labute approximate surface area is 100 Å². The van der Waals surface area contributed by atoms with Gasteiger partial charge >= 0.3 is 0 Å². The number of rotatable bonds is 5. The fourth-order valence-electron chi connectivity index (χ4n) is 1.20. The van der Waals surface area contributed by atoms with Gasteiger partial charge < -0.3 is 5.32 Å². The number of nitrogens with zero attached hydrogens (tertiary/aromatic N) is 2. The van der Waals surface area contributed by atoms with Crippen molar-refractivity contribution < 1.29 is 4.79 Å². The van der Waals surface area contributed by atoms with Crippen molar-refractivity contribution in [1.29, 1.82) is 0 Å². The predicted molar refractivity (Wildman–Crippen MR) is 65.5 cm³/mol. The number of aryl methyl sites for hydroxylation is 2. The Kier molecular flexibility index (Phi) is 5.25. The second-order valence-corrected chi connectivity index (χ2v) is 4.51. The van der Waals surface area contributed by atoms with Crippen LogP contribution in [0.2, 0.25) is 0 Å². The van der Waals surface area contributed by atoms with Crippen LogP contribution in [-0.4, -0.2) is 28.2 Å². The molecular weight excluding hydrogens is 222 g/mol. The van der Waals surface area contributed by atoms with Crippen LogP contribution in [0.25, 0.3) is 0 Å². The van der Waals surface area contributed by atoms with E-state index in [1.54, 1.807) is 0 Å². The summed E-state index contributed by atoms with van der Waals surface area (Å²) in [4.78, 5) is 19.9. The van der Waals surface area contributed by atoms with Crippen LogP contribution in [0.1, 0.15) is 24.7 Å². The van der Waals surface area contributed by atoms with Crippen LogP contribution < -0.4 is 5.32 Å². The molecule has 0 aliphatic carbocycles. The molecule has 16 heavy (non-hydrogen) atoms. The van der Waals surface area contributed by atoms with Gasteiger partial charge in [-0.3, -0.25) is 4.79 Å². The largest absolute Gasteiger partial charge is 0.355 e. The lowest BCUT2D eigenvalue weighted by molar-refractivity contribution is -0.118. The highest BCUT2D eigenvalue weighted by Gasteiger charge is 2.04. The monoisotopic (exact) mass is 239 g/mol. The van der Waals surface area contributed by atoms with E-state index in [1.165, 1.54) is 11.8 Å². The zero-order valence-electron chi connectivity index (χ0n) is 9.91. The van der Waals surface area contributed by atoms with E-state index < -0.39 is 0 Å². The molecule has 0 saturated carbocycles. The third kappa shape index (κ3) is 4.61. The van der Waals surface area contributed by atoms with Gasteiger partial charge in [0.25, 0.3) is 0 Å². The first-order valence-electron chi connectivity index (χ1n) is 5.33. The van der Waals surface area contributed by atoms with Crippen LogP contribution >= 0.6 is 11.8 Å². The number of nitrogens with one attached hydrogen (secondary N) is 1. The lowest BCUT2D eigenvalue weighted by atomic mass is 10.4. The smallest absolute Gasteiger partial charge is 0.230 e. The molecule has 0 atom stereocenters. The van der Waals surface area contributed by atoms with Crippen molar-refractivity contribution in [2.45, 2.75) is 32.3 Å². The molecule has 1 aromatic rings. The molecule has 5 heteroatoms. The lowest BCUT2D eigenvalue weighted by Crippen LogP contribution is -2.25. The standard InChI is InChI=1S/C11H17N3OS/c1-4-5-12-10(15)7-16-11-13-8(2)6-9(3)14-11/h6H,4-5,7H2,1-3H3,(H,12,15). The highest BCUT2D eigenvalue weighted by atomic mass is 32.2. The first-order valence-corrected chi connectivity index (χ1v) is 6.32. The van der Waals surface area contributed by atoms with Gasteiger partial charge in [0.1, 0.15) is 0 Å².